The number of nitrogen functional groups attached to an aromatic ring is 1. The Bertz CT molecular complexity index is 825. The van der Waals surface area contributed by atoms with E-state index in [4.69, 9.17) is 5.73 Å². The summed E-state index contributed by atoms with van der Waals surface area (Å²) in [7, 11) is 0. The minimum Gasteiger partial charge on any atom is -0.398 e. The molecule has 0 radical (unpaired) electrons. The van der Waals surface area contributed by atoms with Gasteiger partial charge in [-0.1, -0.05) is 97.1 Å². The van der Waals surface area contributed by atoms with Gasteiger partial charge in [-0.25, -0.2) is 0 Å². The van der Waals surface area contributed by atoms with Crippen molar-refractivity contribution in [2.75, 3.05) is 5.73 Å². The molecule has 0 unspecified atom stereocenters. The van der Waals surface area contributed by atoms with Crippen LogP contribution in [0.15, 0.2) is 103 Å². The maximum atomic E-state index is 5.76. The molecule has 0 atom stereocenters. The minimum absolute atomic E-state index is 0.850. The number of nitrogens with two attached hydrogens (primary N) is 1. The third-order valence-corrected chi connectivity index (χ3v) is 3.70. The molecule has 2 N–H and O–H groups in total. The first-order chi connectivity index (χ1) is 11.3. The molecule has 0 aromatic heterocycles. The summed E-state index contributed by atoms with van der Waals surface area (Å²) in [4.78, 5) is 0. The minimum atomic E-state index is 0.850. The Labute approximate surface area is 137 Å². The van der Waals surface area contributed by atoms with Gasteiger partial charge in [0.05, 0.1) is 0 Å². The quantitative estimate of drug-likeness (QED) is 0.443. The molecule has 112 valence electrons. The topological polar surface area (TPSA) is 26.0 Å². The molecular formula is C22H19N. The van der Waals surface area contributed by atoms with Gasteiger partial charge in [0.1, 0.15) is 0 Å². The Balaban J connectivity index is 0.000000136. The van der Waals surface area contributed by atoms with Crippen molar-refractivity contribution in [1.82, 2.24) is 0 Å². The fourth-order valence-corrected chi connectivity index (χ4v) is 2.51. The zero-order chi connectivity index (χ0) is 15.9. The lowest BCUT2D eigenvalue weighted by molar-refractivity contribution is 1.62. The fourth-order valence-electron chi connectivity index (χ4n) is 2.51. The maximum absolute atomic E-state index is 5.76. The van der Waals surface area contributed by atoms with Gasteiger partial charge in [-0.3, -0.25) is 0 Å². The van der Waals surface area contributed by atoms with Crippen molar-refractivity contribution < 1.29 is 0 Å². The third kappa shape index (κ3) is 3.78. The SMILES string of the molecule is Nc1cccc2ccccc12.c1ccc(-c2ccccc2)cc1. The molecule has 4 aromatic rings. The maximum Gasteiger partial charge on any atom is 0.0393 e. The zero-order valence-electron chi connectivity index (χ0n) is 12.9. The number of benzene rings is 4. The van der Waals surface area contributed by atoms with Crippen LogP contribution >= 0.6 is 0 Å². The van der Waals surface area contributed by atoms with Gasteiger partial charge in [0.2, 0.25) is 0 Å². The van der Waals surface area contributed by atoms with E-state index >= 15 is 0 Å². The van der Waals surface area contributed by atoms with Gasteiger partial charge >= 0.3 is 0 Å². The third-order valence-electron chi connectivity index (χ3n) is 3.70. The van der Waals surface area contributed by atoms with Crippen molar-refractivity contribution in [3.05, 3.63) is 103 Å². The van der Waals surface area contributed by atoms with E-state index in [9.17, 15) is 0 Å². The molecule has 4 aromatic carbocycles. The van der Waals surface area contributed by atoms with Crippen LogP contribution in [-0.2, 0) is 0 Å². The first-order valence-electron chi connectivity index (χ1n) is 7.68. The molecule has 0 saturated heterocycles. The van der Waals surface area contributed by atoms with Crippen LogP contribution in [0.5, 0.6) is 0 Å². The van der Waals surface area contributed by atoms with Crippen LogP contribution < -0.4 is 5.73 Å². The van der Waals surface area contributed by atoms with Crippen LogP contribution in [0.25, 0.3) is 21.9 Å². The first kappa shape index (κ1) is 14.9. The fraction of sp³-hybridized carbons (Fsp3) is 0. The monoisotopic (exact) mass is 297 g/mol. The van der Waals surface area contributed by atoms with Gasteiger partial charge in [-0.15, -0.1) is 0 Å². The summed E-state index contributed by atoms with van der Waals surface area (Å²) in [6.45, 7) is 0. The highest BCUT2D eigenvalue weighted by molar-refractivity contribution is 5.92. The van der Waals surface area contributed by atoms with Gasteiger partial charge in [-0.05, 0) is 22.6 Å². The van der Waals surface area contributed by atoms with E-state index < -0.39 is 0 Å². The zero-order valence-corrected chi connectivity index (χ0v) is 12.9. The molecule has 0 fully saturated rings. The molecule has 23 heavy (non-hydrogen) atoms. The molecule has 0 bridgehead atoms. The van der Waals surface area contributed by atoms with E-state index in [1.54, 1.807) is 0 Å². The number of fused-ring (bicyclic) bond motifs is 1. The first-order valence-corrected chi connectivity index (χ1v) is 7.68. The smallest absolute Gasteiger partial charge is 0.0393 e. The predicted octanol–water partition coefficient (Wildman–Crippen LogP) is 5.78. The highest BCUT2D eigenvalue weighted by atomic mass is 14.5. The van der Waals surface area contributed by atoms with Gasteiger partial charge < -0.3 is 5.73 Å². The molecular weight excluding hydrogens is 278 g/mol. The van der Waals surface area contributed by atoms with E-state index in [0.717, 1.165) is 11.1 Å². The molecule has 0 aliphatic heterocycles. The molecule has 4 rings (SSSR count). The molecule has 1 nitrogen and oxygen atoms in total. The van der Waals surface area contributed by atoms with Crippen molar-refractivity contribution in [3.8, 4) is 11.1 Å². The van der Waals surface area contributed by atoms with Gasteiger partial charge in [0, 0.05) is 11.1 Å². The number of hydrogen-bond donors (Lipinski definition) is 1. The van der Waals surface area contributed by atoms with Crippen molar-refractivity contribution in [1.29, 1.82) is 0 Å². The van der Waals surface area contributed by atoms with Crippen LogP contribution in [0.3, 0.4) is 0 Å². The second-order valence-electron chi connectivity index (χ2n) is 5.30. The number of rotatable bonds is 1. The highest BCUT2D eigenvalue weighted by Crippen LogP contribution is 2.19. The van der Waals surface area contributed by atoms with Crippen molar-refractivity contribution in [3.63, 3.8) is 0 Å². The van der Waals surface area contributed by atoms with E-state index in [1.165, 1.54) is 16.5 Å². The van der Waals surface area contributed by atoms with Crippen LogP contribution in [-0.4, -0.2) is 0 Å². The van der Waals surface area contributed by atoms with Crippen LogP contribution in [0, 0.1) is 0 Å². The summed E-state index contributed by atoms with van der Waals surface area (Å²) in [5.41, 5.74) is 9.16. The Morgan fingerprint density at radius 2 is 0.913 bits per heavy atom. The lowest BCUT2D eigenvalue weighted by atomic mass is 10.1. The molecule has 0 aliphatic rings. The molecule has 1 heteroatoms. The average Bonchev–Trinajstić information content (AvgIpc) is 2.64. The van der Waals surface area contributed by atoms with Gasteiger partial charge in [0.25, 0.3) is 0 Å². The average molecular weight is 297 g/mol. The van der Waals surface area contributed by atoms with Crippen LogP contribution in [0.1, 0.15) is 0 Å². The summed E-state index contributed by atoms with van der Waals surface area (Å²) >= 11 is 0. The predicted molar refractivity (Wildman–Crippen MR) is 100 cm³/mol. The Morgan fingerprint density at radius 1 is 0.435 bits per heavy atom. The van der Waals surface area contributed by atoms with E-state index in [-0.39, 0.29) is 0 Å². The Hall–Kier alpha value is -3.06. The molecule has 0 heterocycles. The summed E-state index contributed by atoms with van der Waals surface area (Å²) in [6.07, 6.45) is 0. The Morgan fingerprint density at radius 3 is 1.48 bits per heavy atom. The van der Waals surface area contributed by atoms with E-state index in [1.807, 2.05) is 42.5 Å². The van der Waals surface area contributed by atoms with Crippen LogP contribution in [0.4, 0.5) is 5.69 Å². The summed E-state index contributed by atoms with van der Waals surface area (Å²) in [6, 6.07) is 34.8. The lowest BCUT2D eigenvalue weighted by Crippen LogP contribution is -1.84. The highest BCUT2D eigenvalue weighted by Gasteiger charge is 1.93. The number of anilines is 1. The standard InChI is InChI=1S/C12H10.C10H9N/c1-3-7-11(8-4-1)12-9-5-2-6-10-12;11-10-7-3-5-8-4-1-2-6-9(8)10/h1-10H;1-7H,11H2. The summed E-state index contributed by atoms with van der Waals surface area (Å²) < 4.78 is 0. The van der Waals surface area contributed by atoms with Crippen LogP contribution in [0.2, 0.25) is 0 Å². The summed E-state index contributed by atoms with van der Waals surface area (Å²) in [5, 5.41) is 2.34. The largest absolute Gasteiger partial charge is 0.398 e. The molecule has 0 amide bonds. The molecule has 0 aliphatic carbocycles. The second-order valence-corrected chi connectivity index (χ2v) is 5.30. The van der Waals surface area contributed by atoms with E-state index in [2.05, 4.69) is 60.7 Å². The van der Waals surface area contributed by atoms with E-state index in [0.29, 0.717) is 0 Å². The molecule has 0 saturated carbocycles. The Kier molecular flexibility index (Phi) is 4.70. The van der Waals surface area contributed by atoms with Crippen molar-refractivity contribution in [2.45, 2.75) is 0 Å². The lowest BCUT2D eigenvalue weighted by Gasteiger charge is -1.98. The number of hydrogen-bond acceptors (Lipinski definition) is 1. The van der Waals surface area contributed by atoms with Gasteiger partial charge in [0.15, 0.2) is 0 Å². The molecule has 0 spiro atoms. The second kappa shape index (κ2) is 7.28. The van der Waals surface area contributed by atoms with Crippen molar-refractivity contribution >= 4 is 16.5 Å². The van der Waals surface area contributed by atoms with Gasteiger partial charge in [-0.2, -0.15) is 0 Å². The summed E-state index contributed by atoms with van der Waals surface area (Å²) in [5.74, 6) is 0. The normalized spacial score (nSPS) is 9.91. The van der Waals surface area contributed by atoms with Crippen molar-refractivity contribution in [2.24, 2.45) is 0 Å².